The highest BCUT2D eigenvalue weighted by molar-refractivity contribution is 5.92. The molecule has 1 saturated heterocycles. The first-order valence-electron chi connectivity index (χ1n) is 9.43. The Hall–Kier alpha value is -2.03. The average Bonchev–Trinajstić information content (AvgIpc) is 2.66. The number of amides is 1. The lowest BCUT2D eigenvalue weighted by molar-refractivity contribution is -0.139. The van der Waals surface area contributed by atoms with E-state index < -0.39 is 5.97 Å². The Labute approximate surface area is 171 Å². The second-order valence-electron chi connectivity index (χ2n) is 6.87. The van der Waals surface area contributed by atoms with Crippen molar-refractivity contribution >= 4 is 30.0 Å². The van der Waals surface area contributed by atoms with Gasteiger partial charge in [0.2, 0.25) is 5.91 Å². The number of rotatable bonds is 7. The second kappa shape index (κ2) is 10.5. The Morgan fingerprint density at radius 1 is 1.21 bits per heavy atom. The number of likely N-dealkylation sites (tertiary alicyclic amines) is 1. The second-order valence-corrected chi connectivity index (χ2v) is 6.87. The van der Waals surface area contributed by atoms with Gasteiger partial charge >= 0.3 is 5.97 Å². The molecule has 2 aliphatic rings. The third-order valence-corrected chi connectivity index (χ3v) is 5.01. The number of benzene rings is 1. The number of nitrogens with zero attached hydrogens (tertiary/aromatic N) is 2. The molecule has 28 heavy (non-hydrogen) atoms. The minimum Gasteiger partial charge on any atom is -0.486 e. The number of ether oxygens (including phenoxy) is 2. The van der Waals surface area contributed by atoms with E-state index in [1.54, 1.807) is 12.1 Å². The van der Waals surface area contributed by atoms with Gasteiger partial charge in [0.1, 0.15) is 13.2 Å². The summed E-state index contributed by atoms with van der Waals surface area (Å²) in [7, 11) is 0. The fourth-order valence-corrected chi connectivity index (χ4v) is 3.64. The molecule has 156 valence electrons. The van der Waals surface area contributed by atoms with Crippen LogP contribution >= 0.6 is 12.4 Å². The number of likely N-dealkylation sites (N-methyl/N-ethyl adjacent to an activating group) is 1. The first-order valence-corrected chi connectivity index (χ1v) is 9.43. The Morgan fingerprint density at radius 3 is 2.54 bits per heavy atom. The number of aliphatic carboxylic acids is 1. The Balaban J connectivity index is 0.00000280. The van der Waals surface area contributed by atoms with Gasteiger partial charge in [0.25, 0.3) is 0 Å². The van der Waals surface area contributed by atoms with Gasteiger partial charge in [-0.2, -0.15) is 0 Å². The largest absolute Gasteiger partial charge is 0.486 e. The van der Waals surface area contributed by atoms with Crippen molar-refractivity contribution in [3.63, 3.8) is 0 Å². The number of hydrogen-bond acceptors (Lipinski definition) is 6. The van der Waals surface area contributed by atoms with Crippen molar-refractivity contribution in [3.05, 3.63) is 18.2 Å². The molecule has 0 bridgehead atoms. The molecule has 1 amide bonds. The number of halogens is 1. The minimum atomic E-state index is -0.793. The first-order chi connectivity index (χ1) is 13.0. The van der Waals surface area contributed by atoms with Crippen LogP contribution in [0.2, 0.25) is 0 Å². The smallest absolute Gasteiger partial charge is 0.317 e. The van der Waals surface area contributed by atoms with E-state index in [1.165, 1.54) is 0 Å². The summed E-state index contributed by atoms with van der Waals surface area (Å²) in [6, 6.07) is 5.66. The summed E-state index contributed by atoms with van der Waals surface area (Å²) in [5.74, 6) is 0.488. The highest BCUT2D eigenvalue weighted by atomic mass is 35.5. The summed E-state index contributed by atoms with van der Waals surface area (Å²) in [5.41, 5.74) is 0.692. The normalized spacial score (nSPS) is 17.1. The van der Waals surface area contributed by atoms with E-state index in [0.717, 1.165) is 32.5 Å². The van der Waals surface area contributed by atoms with Gasteiger partial charge in [-0.25, -0.2) is 0 Å². The van der Waals surface area contributed by atoms with Gasteiger partial charge in [0.05, 0.1) is 13.1 Å². The van der Waals surface area contributed by atoms with Crippen molar-refractivity contribution < 1.29 is 24.2 Å². The van der Waals surface area contributed by atoms with Gasteiger partial charge in [-0.15, -0.1) is 12.4 Å². The maximum absolute atomic E-state index is 12.4. The molecule has 3 rings (SSSR count). The van der Waals surface area contributed by atoms with Crippen LogP contribution in [-0.4, -0.2) is 78.8 Å². The standard InChI is InChI=1S/C19H27N3O5.ClH/c1-2-22(13-19(24)25)15-5-7-21(8-6-15)12-18(23)20-14-3-4-16-17(11-14)27-10-9-26-16;/h3-4,11,15H,2,5-10,12-13H2,1H3,(H,20,23)(H,24,25);1H. The van der Waals surface area contributed by atoms with Crippen molar-refractivity contribution in [2.24, 2.45) is 0 Å². The number of carboxylic acids is 1. The Kier molecular flexibility index (Phi) is 8.35. The van der Waals surface area contributed by atoms with E-state index >= 15 is 0 Å². The minimum absolute atomic E-state index is 0. The average molecular weight is 414 g/mol. The van der Waals surface area contributed by atoms with Crippen molar-refractivity contribution in [3.8, 4) is 11.5 Å². The first kappa shape index (κ1) is 22.3. The summed E-state index contributed by atoms with van der Waals surface area (Å²) < 4.78 is 11.0. The van der Waals surface area contributed by atoms with Crippen LogP contribution in [-0.2, 0) is 9.59 Å². The number of carboxylic acid groups (broad SMARTS) is 1. The molecule has 0 unspecified atom stereocenters. The van der Waals surface area contributed by atoms with Crippen molar-refractivity contribution in [2.45, 2.75) is 25.8 Å². The van der Waals surface area contributed by atoms with Crippen LogP contribution in [0.1, 0.15) is 19.8 Å². The molecular formula is C19H28ClN3O5. The van der Waals surface area contributed by atoms with Crippen LogP contribution in [0.5, 0.6) is 11.5 Å². The lowest BCUT2D eigenvalue weighted by Crippen LogP contribution is -2.48. The predicted octanol–water partition coefficient (Wildman–Crippen LogP) is 1.69. The lowest BCUT2D eigenvalue weighted by Gasteiger charge is -2.37. The van der Waals surface area contributed by atoms with Crippen LogP contribution in [0.4, 0.5) is 5.69 Å². The van der Waals surface area contributed by atoms with Crippen molar-refractivity contribution in [1.29, 1.82) is 0 Å². The summed E-state index contributed by atoms with van der Waals surface area (Å²) in [5, 5.41) is 11.9. The van der Waals surface area contributed by atoms with E-state index in [4.69, 9.17) is 14.6 Å². The number of anilines is 1. The quantitative estimate of drug-likeness (QED) is 0.702. The maximum Gasteiger partial charge on any atom is 0.317 e. The molecule has 2 heterocycles. The predicted molar refractivity (Wildman–Crippen MR) is 108 cm³/mol. The molecule has 1 fully saturated rings. The zero-order valence-electron chi connectivity index (χ0n) is 16.1. The molecular weight excluding hydrogens is 386 g/mol. The molecule has 1 aromatic carbocycles. The molecule has 0 aliphatic carbocycles. The molecule has 0 radical (unpaired) electrons. The molecule has 0 aromatic heterocycles. The van der Waals surface area contributed by atoms with Gasteiger partial charge in [-0.05, 0) is 31.5 Å². The summed E-state index contributed by atoms with van der Waals surface area (Å²) in [6.45, 7) is 5.73. The SMILES string of the molecule is CCN(CC(=O)O)C1CCN(CC(=O)Nc2ccc3c(c2)OCCO3)CC1.Cl. The van der Waals surface area contributed by atoms with E-state index in [1.807, 2.05) is 17.9 Å². The number of fused-ring (bicyclic) bond motifs is 1. The molecule has 8 nitrogen and oxygen atoms in total. The summed E-state index contributed by atoms with van der Waals surface area (Å²) >= 11 is 0. The van der Waals surface area contributed by atoms with E-state index in [2.05, 4.69) is 10.2 Å². The topological polar surface area (TPSA) is 91.3 Å². The van der Waals surface area contributed by atoms with Crippen LogP contribution in [0, 0.1) is 0 Å². The van der Waals surface area contributed by atoms with Crippen molar-refractivity contribution in [2.75, 3.05) is 51.3 Å². The van der Waals surface area contributed by atoms with Gasteiger partial charge < -0.3 is 19.9 Å². The number of carbonyl (C=O) groups is 2. The number of carbonyl (C=O) groups excluding carboxylic acids is 1. The van der Waals surface area contributed by atoms with E-state index in [0.29, 0.717) is 36.9 Å². The van der Waals surface area contributed by atoms with Crippen molar-refractivity contribution in [1.82, 2.24) is 9.80 Å². The highest BCUT2D eigenvalue weighted by Gasteiger charge is 2.26. The fraction of sp³-hybridized carbons (Fsp3) is 0.579. The van der Waals surface area contributed by atoms with Gasteiger partial charge in [0.15, 0.2) is 11.5 Å². The molecule has 0 atom stereocenters. The monoisotopic (exact) mass is 413 g/mol. The van der Waals surface area contributed by atoms with E-state index in [9.17, 15) is 9.59 Å². The third kappa shape index (κ3) is 5.98. The molecule has 2 aliphatic heterocycles. The highest BCUT2D eigenvalue weighted by Crippen LogP contribution is 2.32. The molecule has 1 aromatic rings. The molecule has 9 heteroatoms. The molecule has 0 saturated carbocycles. The maximum atomic E-state index is 12.4. The van der Waals surface area contributed by atoms with Gasteiger partial charge in [0, 0.05) is 30.9 Å². The van der Waals surface area contributed by atoms with E-state index in [-0.39, 0.29) is 30.9 Å². The summed E-state index contributed by atoms with van der Waals surface area (Å²) in [6.07, 6.45) is 1.75. The molecule has 2 N–H and O–H groups in total. The molecule has 0 spiro atoms. The van der Waals surface area contributed by atoms with Gasteiger partial charge in [-0.3, -0.25) is 19.4 Å². The number of piperidine rings is 1. The third-order valence-electron chi connectivity index (χ3n) is 5.01. The van der Waals surface area contributed by atoms with Crippen LogP contribution in [0.25, 0.3) is 0 Å². The Bertz CT molecular complexity index is 680. The number of nitrogens with one attached hydrogen (secondary N) is 1. The zero-order valence-corrected chi connectivity index (χ0v) is 16.9. The van der Waals surface area contributed by atoms with Crippen LogP contribution in [0.3, 0.4) is 0 Å². The van der Waals surface area contributed by atoms with Crippen LogP contribution in [0.15, 0.2) is 18.2 Å². The Morgan fingerprint density at radius 2 is 1.89 bits per heavy atom. The van der Waals surface area contributed by atoms with Gasteiger partial charge in [-0.1, -0.05) is 6.92 Å². The number of hydrogen-bond donors (Lipinski definition) is 2. The zero-order chi connectivity index (χ0) is 19.2. The summed E-state index contributed by atoms with van der Waals surface area (Å²) in [4.78, 5) is 27.4. The van der Waals surface area contributed by atoms with Crippen LogP contribution < -0.4 is 14.8 Å². The lowest BCUT2D eigenvalue weighted by atomic mass is 10.0. The fourth-order valence-electron chi connectivity index (χ4n) is 3.64.